The van der Waals surface area contributed by atoms with E-state index in [4.69, 9.17) is 10.5 Å². The number of benzene rings is 1. The quantitative estimate of drug-likeness (QED) is 0.879. The summed E-state index contributed by atoms with van der Waals surface area (Å²) in [6, 6.07) is 3.34. The van der Waals surface area contributed by atoms with Gasteiger partial charge >= 0.3 is 0 Å². The van der Waals surface area contributed by atoms with Crippen LogP contribution in [0.25, 0.3) is 0 Å². The predicted octanol–water partition coefficient (Wildman–Crippen LogP) is 0.693. The van der Waals surface area contributed by atoms with Crippen LogP contribution in [0.3, 0.4) is 0 Å². The average molecular weight is 270 g/mol. The first-order chi connectivity index (χ1) is 9.13. The number of carbonyl (C=O) groups excluding carboxylic acids is 1. The lowest BCUT2D eigenvalue weighted by Crippen LogP contribution is -2.52. The van der Waals surface area contributed by atoms with Crippen LogP contribution < -0.4 is 5.73 Å². The van der Waals surface area contributed by atoms with Crippen LogP contribution >= 0.6 is 0 Å². The van der Waals surface area contributed by atoms with E-state index in [1.807, 2.05) is 0 Å². The molecule has 1 amide bonds. The van der Waals surface area contributed by atoms with Gasteiger partial charge in [-0.3, -0.25) is 4.79 Å². The van der Waals surface area contributed by atoms with E-state index in [9.17, 15) is 13.6 Å². The van der Waals surface area contributed by atoms with Gasteiger partial charge in [-0.05, 0) is 12.1 Å². The first-order valence-electron chi connectivity index (χ1n) is 6.13. The van der Waals surface area contributed by atoms with Gasteiger partial charge in [0.05, 0.1) is 25.7 Å². The smallest absolute Gasteiger partial charge is 0.227 e. The predicted molar refractivity (Wildman–Crippen MR) is 65.4 cm³/mol. The Morgan fingerprint density at radius 2 is 2.11 bits per heavy atom. The second kappa shape index (κ2) is 6.08. The van der Waals surface area contributed by atoms with Crippen LogP contribution in [0.15, 0.2) is 18.2 Å². The Hall–Kier alpha value is -1.53. The van der Waals surface area contributed by atoms with E-state index < -0.39 is 11.6 Å². The Kier molecular flexibility index (Phi) is 4.44. The zero-order valence-corrected chi connectivity index (χ0v) is 10.4. The molecule has 2 rings (SSSR count). The zero-order chi connectivity index (χ0) is 13.8. The molecule has 1 unspecified atom stereocenters. The number of rotatable bonds is 3. The van der Waals surface area contributed by atoms with Crippen LogP contribution in [-0.2, 0) is 16.0 Å². The number of amides is 1. The van der Waals surface area contributed by atoms with Gasteiger partial charge in [-0.1, -0.05) is 6.07 Å². The van der Waals surface area contributed by atoms with Crippen LogP contribution in [-0.4, -0.2) is 43.2 Å². The molecule has 0 aliphatic carbocycles. The van der Waals surface area contributed by atoms with Crippen molar-refractivity contribution in [3.8, 4) is 0 Å². The fourth-order valence-electron chi connectivity index (χ4n) is 2.13. The first-order valence-corrected chi connectivity index (χ1v) is 6.13. The number of hydrogen-bond donors (Lipinski definition) is 1. The van der Waals surface area contributed by atoms with Crippen LogP contribution in [0.2, 0.25) is 0 Å². The lowest BCUT2D eigenvalue weighted by Gasteiger charge is -2.35. The van der Waals surface area contributed by atoms with Crippen molar-refractivity contribution in [2.75, 3.05) is 26.3 Å². The van der Waals surface area contributed by atoms with Crippen LogP contribution in [0.5, 0.6) is 0 Å². The maximum atomic E-state index is 13.5. The van der Waals surface area contributed by atoms with Gasteiger partial charge < -0.3 is 15.4 Å². The Balaban J connectivity index is 2.12. The molecule has 1 aliphatic rings. The fraction of sp³-hybridized carbons (Fsp3) is 0.462. The van der Waals surface area contributed by atoms with Gasteiger partial charge in [0.2, 0.25) is 5.91 Å². The van der Waals surface area contributed by atoms with Crippen molar-refractivity contribution in [2.45, 2.75) is 12.5 Å². The molecule has 104 valence electrons. The number of nitrogens with two attached hydrogens (primary N) is 1. The summed E-state index contributed by atoms with van der Waals surface area (Å²) in [5, 5.41) is 0. The van der Waals surface area contributed by atoms with Crippen LogP contribution in [0, 0.1) is 11.6 Å². The average Bonchev–Trinajstić information content (AvgIpc) is 2.42. The van der Waals surface area contributed by atoms with Crippen molar-refractivity contribution in [2.24, 2.45) is 5.73 Å². The standard InChI is InChI=1S/C13H16F2N2O2/c14-11-2-1-3-12(15)10(11)6-13(18)17-4-5-19-8-9(17)7-16/h1-3,9H,4-8,16H2. The van der Waals surface area contributed by atoms with E-state index in [1.165, 1.54) is 11.0 Å². The van der Waals surface area contributed by atoms with Gasteiger partial charge in [-0.2, -0.15) is 0 Å². The molecule has 1 saturated heterocycles. The number of hydrogen-bond acceptors (Lipinski definition) is 3. The third kappa shape index (κ3) is 3.08. The van der Waals surface area contributed by atoms with Gasteiger partial charge in [0.25, 0.3) is 0 Å². The summed E-state index contributed by atoms with van der Waals surface area (Å²) in [4.78, 5) is 13.7. The number of carbonyl (C=O) groups is 1. The maximum Gasteiger partial charge on any atom is 0.227 e. The highest BCUT2D eigenvalue weighted by atomic mass is 19.1. The van der Waals surface area contributed by atoms with Crippen molar-refractivity contribution in [1.29, 1.82) is 0 Å². The van der Waals surface area contributed by atoms with Crippen LogP contribution in [0.4, 0.5) is 8.78 Å². The minimum atomic E-state index is -0.703. The van der Waals surface area contributed by atoms with Gasteiger partial charge in [0.15, 0.2) is 0 Å². The molecule has 0 spiro atoms. The topological polar surface area (TPSA) is 55.6 Å². The SMILES string of the molecule is NCC1COCCN1C(=O)Cc1c(F)cccc1F. The third-order valence-corrected chi connectivity index (χ3v) is 3.21. The molecular weight excluding hydrogens is 254 g/mol. The van der Waals surface area contributed by atoms with E-state index in [2.05, 4.69) is 0 Å². The molecular formula is C13H16F2N2O2. The van der Waals surface area contributed by atoms with Gasteiger partial charge in [0.1, 0.15) is 11.6 Å². The molecule has 6 heteroatoms. The molecule has 1 heterocycles. The minimum absolute atomic E-state index is 0.199. The van der Waals surface area contributed by atoms with Gasteiger partial charge in [-0.15, -0.1) is 0 Å². The van der Waals surface area contributed by atoms with Gasteiger partial charge in [-0.25, -0.2) is 8.78 Å². The van der Waals surface area contributed by atoms with E-state index in [-0.39, 0.29) is 30.5 Å². The number of nitrogens with zero attached hydrogens (tertiary/aromatic N) is 1. The molecule has 4 nitrogen and oxygen atoms in total. The van der Waals surface area contributed by atoms with Crippen molar-refractivity contribution in [3.63, 3.8) is 0 Å². The summed E-state index contributed by atoms with van der Waals surface area (Å²) >= 11 is 0. The molecule has 0 aromatic heterocycles. The lowest BCUT2D eigenvalue weighted by molar-refractivity contribution is -0.138. The highest BCUT2D eigenvalue weighted by Crippen LogP contribution is 2.15. The second-order valence-corrected chi connectivity index (χ2v) is 4.43. The molecule has 0 radical (unpaired) electrons. The molecule has 1 aromatic carbocycles. The Bertz CT molecular complexity index is 448. The first kappa shape index (κ1) is 13.9. The minimum Gasteiger partial charge on any atom is -0.377 e. The van der Waals surface area contributed by atoms with E-state index in [1.54, 1.807) is 0 Å². The fourth-order valence-corrected chi connectivity index (χ4v) is 2.13. The highest BCUT2D eigenvalue weighted by molar-refractivity contribution is 5.79. The molecule has 2 N–H and O–H groups in total. The van der Waals surface area contributed by atoms with E-state index in [0.29, 0.717) is 19.8 Å². The number of ether oxygens (including phenoxy) is 1. The Labute approximate surface area is 110 Å². The number of halogens is 2. The largest absolute Gasteiger partial charge is 0.377 e. The molecule has 0 bridgehead atoms. The summed E-state index contributed by atoms with van der Waals surface area (Å²) in [5.74, 6) is -1.74. The summed E-state index contributed by atoms with van der Waals surface area (Å²) < 4.78 is 32.2. The molecule has 1 aliphatic heterocycles. The van der Waals surface area contributed by atoms with Crippen molar-refractivity contribution in [3.05, 3.63) is 35.4 Å². The molecule has 1 fully saturated rings. The summed E-state index contributed by atoms with van der Waals surface area (Å²) in [7, 11) is 0. The molecule has 19 heavy (non-hydrogen) atoms. The van der Waals surface area contributed by atoms with Crippen molar-refractivity contribution < 1.29 is 18.3 Å². The lowest BCUT2D eigenvalue weighted by atomic mass is 10.1. The third-order valence-electron chi connectivity index (χ3n) is 3.21. The molecule has 0 saturated carbocycles. The van der Waals surface area contributed by atoms with Crippen molar-refractivity contribution >= 4 is 5.91 Å². The Morgan fingerprint density at radius 3 is 2.74 bits per heavy atom. The van der Waals surface area contributed by atoms with Crippen LogP contribution in [0.1, 0.15) is 5.56 Å². The maximum absolute atomic E-state index is 13.5. The normalized spacial score (nSPS) is 19.5. The zero-order valence-electron chi connectivity index (χ0n) is 10.4. The van der Waals surface area contributed by atoms with Crippen molar-refractivity contribution in [1.82, 2.24) is 4.90 Å². The molecule has 1 atom stereocenters. The second-order valence-electron chi connectivity index (χ2n) is 4.43. The molecule has 1 aromatic rings. The highest BCUT2D eigenvalue weighted by Gasteiger charge is 2.27. The van der Waals surface area contributed by atoms with Gasteiger partial charge in [0, 0.05) is 18.7 Å². The number of morpholine rings is 1. The summed E-state index contributed by atoms with van der Waals surface area (Å²) in [5.41, 5.74) is 5.36. The van der Waals surface area contributed by atoms with E-state index in [0.717, 1.165) is 12.1 Å². The van der Waals surface area contributed by atoms with E-state index >= 15 is 0 Å². The Morgan fingerprint density at radius 1 is 1.42 bits per heavy atom. The summed E-state index contributed by atoms with van der Waals surface area (Å²) in [6.07, 6.45) is -0.297. The summed E-state index contributed by atoms with van der Waals surface area (Å²) in [6.45, 7) is 1.45. The monoisotopic (exact) mass is 270 g/mol.